The molecule has 2 aliphatic rings. The summed E-state index contributed by atoms with van der Waals surface area (Å²) >= 11 is 0. The van der Waals surface area contributed by atoms with Crippen molar-refractivity contribution in [2.45, 2.75) is 32.1 Å². The van der Waals surface area contributed by atoms with Crippen LogP contribution in [0.1, 0.15) is 32.1 Å². The number of nitrogens with zero attached hydrogens (tertiary/aromatic N) is 1. The quantitative estimate of drug-likeness (QED) is 0.781. The zero-order valence-electron chi connectivity index (χ0n) is 10.0. The third-order valence-electron chi connectivity index (χ3n) is 3.82. The summed E-state index contributed by atoms with van der Waals surface area (Å²) in [6.07, 6.45) is 5.15. The van der Waals surface area contributed by atoms with Crippen molar-refractivity contribution in [1.82, 2.24) is 10.2 Å². The molecule has 2 rings (SSSR count). The molecule has 0 unspecified atom stereocenters. The van der Waals surface area contributed by atoms with E-state index < -0.39 is 11.9 Å². The molecule has 2 fully saturated rings. The Bertz CT molecular complexity index is 302. The fourth-order valence-electron chi connectivity index (χ4n) is 2.40. The number of carboxylic acids is 1. The van der Waals surface area contributed by atoms with E-state index in [1.54, 1.807) is 4.90 Å². The van der Waals surface area contributed by atoms with Crippen molar-refractivity contribution in [1.29, 1.82) is 0 Å². The van der Waals surface area contributed by atoms with Crippen LogP contribution in [0.2, 0.25) is 0 Å². The van der Waals surface area contributed by atoms with Gasteiger partial charge in [-0.15, -0.1) is 0 Å². The zero-order valence-corrected chi connectivity index (χ0v) is 10.0. The maximum atomic E-state index is 11.8. The Morgan fingerprint density at radius 2 is 2.00 bits per heavy atom. The predicted molar refractivity (Wildman–Crippen MR) is 62.7 cm³/mol. The number of piperidine rings is 1. The second-order valence-electron chi connectivity index (χ2n) is 5.11. The van der Waals surface area contributed by atoms with Crippen LogP contribution in [0.25, 0.3) is 0 Å². The average Bonchev–Trinajstić information content (AvgIpc) is 2.27. The standard InChI is InChI=1S/C12H20N2O3/c15-11(16)10-5-2-6-14(8-10)12(17)13-7-9-3-1-4-9/h9-10H,1-8H2,(H,13,17)(H,15,16)/t10-/m0/s1. The monoisotopic (exact) mass is 240 g/mol. The van der Waals surface area contributed by atoms with Crippen molar-refractivity contribution < 1.29 is 14.7 Å². The van der Waals surface area contributed by atoms with Gasteiger partial charge in [0.15, 0.2) is 0 Å². The van der Waals surface area contributed by atoms with Gasteiger partial charge in [0.05, 0.1) is 5.92 Å². The fourth-order valence-corrected chi connectivity index (χ4v) is 2.40. The van der Waals surface area contributed by atoms with Gasteiger partial charge in [0.25, 0.3) is 0 Å². The van der Waals surface area contributed by atoms with E-state index in [4.69, 9.17) is 5.11 Å². The summed E-state index contributed by atoms with van der Waals surface area (Å²) in [6, 6.07) is -0.0946. The van der Waals surface area contributed by atoms with Crippen molar-refractivity contribution >= 4 is 12.0 Å². The highest BCUT2D eigenvalue weighted by atomic mass is 16.4. The third kappa shape index (κ3) is 3.11. The molecule has 2 N–H and O–H groups in total. The van der Waals surface area contributed by atoms with E-state index in [0.717, 1.165) is 13.0 Å². The molecule has 1 heterocycles. The minimum atomic E-state index is -0.790. The van der Waals surface area contributed by atoms with E-state index in [0.29, 0.717) is 25.4 Å². The molecule has 1 saturated carbocycles. The van der Waals surface area contributed by atoms with Crippen LogP contribution < -0.4 is 5.32 Å². The van der Waals surface area contributed by atoms with Gasteiger partial charge >= 0.3 is 12.0 Å². The van der Waals surface area contributed by atoms with Gasteiger partial charge in [0.1, 0.15) is 0 Å². The maximum Gasteiger partial charge on any atom is 0.317 e. The summed E-state index contributed by atoms with van der Waals surface area (Å²) < 4.78 is 0. The highest BCUT2D eigenvalue weighted by Gasteiger charge is 2.28. The van der Waals surface area contributed by atoms with Gasteiger partial charge in [-0.2, -0.15) is 0 Å². The number of urea groups is 1. The molecule has 0 bridgehead atoms. The second kappa shape index (κ2) is 5.38. The molecule has 0 aromatic heterocycles. The Hall–Kier alpha value is -1.26. The van der Waals surface area contributed by atoms with E-state index in [9.17, 15) is 9.59 Å². The Kier molecular flexibility index (Phi) is 3.86. The van der Waals surface area contributed by atoms with E-state index in [2.05, 4.69) is 5.32 Å². The number of carboxylic acid groups (broad SMARTS) is 1. The van der Waals surface area contributed by atoms with E-state index >= 15 is 0 Å². The SMILES string of the molecule is O=C(O)[C@H]1CCCN(C(=O)NCC2CCC2)C1. The Morgan fingerprint density at radius 3 is 2.59 bits per heavy atom. The zero-order chi connectivity index (χ0) is 12.3. The second-order valence-corrected chi connectivity index (χ2v) is 5.11. The Labute approximate surface area is 101 Å². The lowest BCUT2D eigenvalue weighted by molar-refractivity contribution is -0.143. The van der Waals surface area contributed by atoms with Crippen molar-refractivity contribution in [3.05, 3.63) is 0 Å². The van der Waals surface area contributed by atoms with Gasteiger partial charge in [0, 0.05) is 19.6 Å². The number of hydrogen-bond acceptors (Lipinski definition) is 2. The number of aliphatic carboxylic acids is 1. The predicted octanol–water partition coefficient (Wildman–Crippen LogP) is 1.29. The summed E-state index contributed by atoms with van der Waals surface area (Å²) in [6.45, 7) is 1.78. The number of likely N-dealkylation sites (tertiary alicyclic amines) is 1. The van der Waals surface area contributed by atoms with Crippen molar-refractivity contribution in [3.8, 4) is 0 Å². The minimum absolute atomic E-state index is 0.0946. The molecule has 17 heavy (non-hydrogen) atoms. The van der Waals surface area contributed by atoms with Gasteiger partial charge < -0.3 is 15.3 Å². The van der Waals surface area contributed by atoms with Gasteiger partial charge in [-0.25, -0.2) is 4.79 Å². The molecule has 0 radical (unpaired) electrons. The molecule has 96 valence electrons. The highest BCUT2D eigenvalue weighted by Crippen LogP contribution is 2.25. The van der Waals surface area contributed by atoms with E-state index in [-0.39, 0.29) is 6.03 Å². The molecular weight excluding hydrogens is 220 g/mol. The highest BCUT2D eigenvalue weighted by molar-refractivity contribution is 5.76. The number of carbonyl (C=O) groups excluding carboxylic acids is 1. The molecule has 0 aromatic carbocycles. The van der Waals surface area contributed by atoms with Crippen LogP contribution in [0, 0.1) is 11.8 Å². The molecule has 0 spiro atoms. The molecule has 5 nitrogen and oxygen atoms in total. The van der Waals surface area contributed by atoms with Crippen LogP contribution in [0.3, 0.4) is 0 Å². The van der Waals surface area contributed by atoms with Gasteiger partial charge in [-0.05, 0) is 31.6 Å². The first-order valence-corrected chi connectivity index (χ1v) is 6.42. The van der Waals surface area contributed by atoms with Crippen LogP contribution >= 0.6 is 0 Å². The van der Waals surface area contributed by atoms with Gasteiger partial charge in [0.2, 0.25) is 0 Å². The van der Waals surface area contributed by atoms with Crippen molar-refractivity contribution in [2.75, 3.05) is 19.6 Å². The fraction of sp³-hybridized carbons (Fsp3) is 0.833. The summed E-state index contributed by atoms with van der Waals surface area (Å²) in [4.78, 5) is 24.4. The summed E-state index contributed by atoms with van der Waals surface area (Å²) in [5.41, 5.74) is 0. The van der Waals surface area contributed by atoms with Crippen LogP contribution in [0.5, 0.6) is 0 Å². The first kappa shape index (κ1) is 12.2. The third-order valence-corrected chi connectivity index (χ3v) is 3.82. The first-order chi connectivity index (χ1) is 8.16. The Morgan fingerprint density at radius 1 is 1.24 bits per heavy atom. The Balaban J connectivity index is 1.75. The average molecular weight is 240 g/mol. The number of nitrogens with one attached hydrogen (secondary N) is 1. The van der Waals surface area contributed by atoms with E-state index in [1.807, 2.05) is 0 Å². The van der Waals surface area contributed by atoms with Crippen LogP contribution in [-0.4, -0.2) is 41.6 Å². The smallest absolute Gasteiger partial charge is 0.317 e. The van der Waals surface area contributed by atoms with Gasteiger partial charge in [-0.3, -0.25) is 4.79 Å². The summed E-state index contributed by atoms with van der Waals surface area (Å²) in [5, 5.41) is 11.9. The molecule has 5 heteroatoms. The van der Waals surface area contributed by atoms with Crippen LogP contribution in [0.4, 0.5) is 4.79 Å². The molecular formula is C12H20N2O3. The molecule has 2 amide bonds. The number of hydrogen-bond donors (Lipinski definition) is 2. The normalized spacial score (nSPS) is 25.2. The number of rotatable bonds is 3. The van der Waals surface area contributed by atoms with Crippen LogP contribution in [-0.2, 0) is 4.79 Å². The van der Waals surface area contributed by atoms with E-state index in [1.165, 1.54) is 19.3 Å². The van der Waals surface area contributed by atoms with Crippen molar-refractivity contribution in [3.63, 3.8) is 0 Å². The molecule has 1 saturated heterocycles. The minimum Gasteiger partial charge on any atom is -0.481 e. The maximum absolute atomic E-state index is 11.8. The van der Waals surface area contributed by atoms with Crippen molar-refractivity contribution in [2.24, 2.45) is 11.8 Å². The lowest BCUT2D eigenvalue weighted by Gasteiger charge is -2.32. The van der Waals surface area contributed by atoms with Crippen LogP contribution in [0.15, 0.2) is 0 Å². The summed E-state index contributed by atoms with van der Waals surface area (Å²) in [5.74, 6) is -0.543. The number of carbonyl (C=O) groups is 2. The molecule has 1 aliphatic carbocycles. The topological polar surface area (TPSA) is 69.6 Å². The van der Waals surface area contributed by atoms with Gasteiger partial charge in [-0.1, -0.05) is 6.42 Å². The molecule has 1 aliphatic heterocycles. The lowest BCUT2D eigenvalue weighted by Crippen LogP contribution is -2.48. The number of amides is 2. The molecule has 1 atom stereocenters. The summed E-state index contributed by atoms with van der Waals surface area (Å²) in [7, 11) is 0. The first-order valence-electron chi connectivity index (χ1n) is 6.42. The lowest BCUT2D eigenvalue weighted by atomic mass is 9.85. The molecule has 0 aromatic rings. The largest absolute Gasteiger partial charge is 0.481 e.